The van der Waals surface area contributed by atoms with Gasteiger partial charge in [0.15, 0.2) is 0 Å². The van der Waals surface area contributed by atoms with E-state index in [4.69, 9.17) is 1.37 Å². The molecule has 0 aliphatic heterocycles. The zero-order chi connectivity index (χ0) is 9.14. The second kappa shape index (κ2) is 3.65. The standard InChI is InChI=1S/C9H14O2/c1-7(11)9-4-2-8(6-10)3-5-9/h6,8-9H,2-5H2,1H3/i6D. The van der Waals surface area contributed by atoms with Gasteiger partial charge in [-0.15, -0.1) is 0 Å². The number of hydrogen-bond donors (Lipinski definition) is 0. The lowest BCUT2D eigenvalue weighted by molar-refractivity contribution is -0.123. The van der Waals surface area contributed by atoms with Crippen molar-refractivity contribution in [3.8, 4) is 0 Å². The van der Waals surface area contributed by atoms with E-state index in [1.54, 1.807) is 6.92 Å². The van der Waals surface area contributed by atoms with Crippen LogP contribution in [0.15, 0.2) is 0 Å². The highest BCUT2D eigenvalue weighted by molar-refractivity contribution is 5.78. The predicted molar refractivity (Wildman–Crippen MR) is 42.2 cm³/mol. The van der Waals surface area contributed by atoms with E-state index >= 15 is 0 Å². The van der Waals surface area contributed by atoms with E-state index in [2.05, 4.69) is 0 Å². The molecule has 62 valence electrons. The molecule has 0 atom stereocenters. The Morgan fingerprint density at radius 1 is 1.45 bits per heavy atom. The van der Waals surface area contributed by atoms with Crippen LogP contribution in [0.25, 0.3) is 0 Å². The van der Waals surface area contributed by atoms with Gasteiger partial charge < -0.3 is 4.79 Å². The van der Waals surface area contributed by atoms with Gasteiger partial charge in [0, 0.05) is 11.8 Å². The Labute approximate surface area is 68.4 Å². The molecule has 2 nitrogen and oxygen atoms in total. The van der Waals surface area contributed by atoms with E-state index in [1.807, 2.05) is 0 Å². The van der Waals surface area contributed by atoms with Crippen LogP contribution < -0.4 is 0 Å². The highest BCUT2D eigenvalue weighted by atomic mass is 16.1. The fourth-order valence-electron chi connectivity index (χ4n) is 1.62. The number of carbonyl (C=O) groups excluding carboxylic acids is 2. The summed E-state index contributed by atoms with van der Waals surface area (Å²) in [6, 6.07) is 0. The molecule has 11 heavy (non-hydrogen) atoms. The molecular formula is C9H14O2. The van der Waals surface area contributed by atoms with Gasteiger partial charge in [0.05, 0.1) is 0 Å². The summed E-state index contributed by atoms with van der Waals surface area (Å²) in [5.74, 6) is 0.284. The number of hydrogen-bond acceptors (Lipinski definition) is 2. The molecule has 0 aromatic carbocycles. The molecule has 1 aliphatic rings. The van der Waals surface area contributed by atoms with Crippen LogP contribution in [-0.2, 0) is 9.59 Å². The molecule has 0 heterocycles. The molecule has 0 N–H and O–H groups in total. The van der Waals surface area contributed by atoms with Crippen LogP contribution in [0.1, 0.15) is 34.0 Å². The van der Waals surface area contributed by atoms with Gasteiger partial charge in [-0.2, -0.15) is 0 Å². The Morgan fingerprint density at radius 2 is 2.00 bits per heavy atom. The van der Waals surface area contributed by atoms with Crippen molar-refractivity contribution in [2.24, 2.45) is 11.8 Å². The lowest BCUT2D eigenvalue weighted by Gasteiger charge is -2.22. The Morgan fingerprint density at radius 3 is 2.36 bits per heavy atom. The molecule has 1 rings (SSSR count). The topological polar surface area (TPSA) is 34.1 Å². The summed E-state index contributed by atoms with van der Waals surface area (Å²) >= 11 is 0. The Kier molecular flexibility index (Phi) is 2.33. The second-order valence-corrected chi connectivity index (χ2v) is 3.28. The zero-order valence-electron chi connectivity index (χ0n) is 7.80. The molecule has 0 saturated heterocycles. The maximum atomic E-state index is 10.9. The first kappa shape index (κ1) is 7.01. The van der Waals surface area contributed by atoms with Gasteiger partial charge in [-0.25, -0.2) is 0 Å². The fraction of sp³-hybridized carbons (Fsp3) is 0.778. The molecule has 0 unspecified atom stereocenters. The third-order valence-corrected chi connectivity index (χ3v) is 2.47. The Bertz CT molecular complexity index is 171. The fourth-order valence-corrected chi connectivity index (χ4v) is 1.62. The number of carbonyl (C=O) groups is 2. The van der Waals surface area contributed by atoms with E-state index in [9.17, 15) is 9.59 Å². The average Bonchev–Trinajstić information content (AvgIpc) is 2.04. The highest BCUT2D eigenvalue weighted by Gasteiger charge is 2.23. The lowest BCUT2D eigenvalue weighted by atomic mass is 9.81. The van der Waals surface area contributed by atoms with Crippen molar-refractivity contribution >= 4 is 12.0 Å². The number of Topliss-reactive ketones (excluding diaryl/α,β-unsaturated/α-hetero) is 1. The van der Waals surface area contributed by atoms with E-state index in [-0.39, 0.29) is 17.6 Å². The van der Waals surface area contributed by atoms with Crippen molar-refractivity contribution in [2.75, 3.05) is 0 Å². The van der Waals surface area contributed by atoms with Crippen molar-refractivity contribution in [3.63, 3.8) is 0 Å². The van der Waals surface area contributed by atoms with Gasteiger partial charge in [-0.3, -0.25) is 4.79 Å². The summed E-state index contributed by atoms with van der Waals surface area (Å²) in [5, 5.41) is 0. The third-order valence-electron chi connectivity index (χ3n) is 2.47. The zero-order valence-corrected chi connectivity index (χ0v) is 6.80. The summed E-state index contributed by atoms with van der Waals surface area (Å²) in [4.78, 5) is 21.6. The third kappa shape index (κ3) is 2.14. The number of ketones is 1. The monoisotopic (exact) mass is 155 g/mol. The van der Waals surface area contributed by atoms with Crippen molar-refractivity contribution in [1.82, 2.24) is 0 Å². The van der Waals surface area contributed by atoms with Crippen LogP contribution in [0.5, 0.6) is 0 Å². The maximum Gasteiger partial charge on any atom is 0.132 e. The summed E-state index contributed by atoms with van der Waals surface area (Å²) in [6.07, 6.45) is 2.59. The van der Waals surface area contributed by atoms with Gasteiger partial charge in [0.2, 0.25) is 0 Å². The van der Waals surface area contributed by atoms with Crippen LogP contribution in [0.4, 0.5) is 0 Å². The molecule has 0 aromatic heterocycles. The number of rotatable bonds is 2. The first-order valence-electron chi connectivity index (χ1n) is 4.62. The molecule has 1 fully saturated rings. The highest BCUT2D eigenvalue weighted by Crippen LogP contribution is 2.27. The smallest absolute Gasteiger partial charge is 0.132 e. The van der Waals surface area contributed by atoms with Gasteiger partial charge in [-0.1, -0.05) is 0 Å². The van der Waals surface area contributed by atoms with Crippen molar-refractivity contribution in [2.45, 2.75) is 32.6 Å². The maximum absolute atomic E-state index is 10.9. The normalized spacial score (nSPS) is 32.6. The van der Waals surface area contributed by atoms with Crippen LogP contribution in [-0.4, -0.2) is 12.0 Å². The van der Waals surface area contributed by atoms with Gasteiger partial charge >= 0.3 is 0 Å². The van der Waals surface area contributed by atoms with Gasteiger partial charge in [0.1, 0.15) is 13.4 Å². The van der Waals surface area contributed by atoms with E-state index in [0.717, 1.165) is 25.7 Å². The summed E-state index contributed by atoms with van der Waals surface area (Å²) in [7, 11) is 0. The second-order valence-electron chi connectivity index (χ2n) is 3.28. The molecule has 0 aromatic rings. The van der Waals surface area contributed by atoms with Crippen LogP contribution in [0.3, 0.4) is 0 Å². The van der Waals surface area contributed by atoms with E-state index in [1.165, 1.54) is 0 Å². The number of aldehydes is 1. The van der Waals surface area contributed by atoms with Gasteiger partial charge in [0.25, 0.3) is 0 Å². The largest absolute Gasteiger partial charge is 0.303 e. The SMILES string of the molecule is [2H]C(=O)C1CCC(C(C)=O)CC1. The lowest BCUT2D eigenvalue weighted by Crippen LogP contribution is -2.20. The molecule has 0 spiro atoms. The molecule has 2 heteroatoms. The molecule has 0 bridgehead atoms. The predicted octanol–water partition coefficient (Wildman–Crippen LogP) is 1.58. The first-order valence-corrected chi connectivity index (χ1v) is 4.12. The van der Waals surface area contributed by atoms with Crippen LogP contribution in [0, 0.1) is 11.8 Å². The van der Waals surface area contributed by atoms with Crippen molar-refractivity contribution in [1.29, 1.82) is 0 Å². The average molecular weight is 155 g/mol. The molecule has 0 radical (unpaired) electrons. The molecule has 1 saturated carbocycles. The summed E-state index contributed by atoms with van der Waals surface area (Å²) in [5.41, 5.74) is 0. The summed E-state index contributed by atoms with van der Waals surface area (Å²) < 4.78 is 6.92. The van der Waals surface area contributed by atoms with E-state index in [0.29, 0.717) is 0 Å². The minimum atomic E-state index is -0.461. The minimum absolute atomic E-state index is 0.0967. The molecular weight excluding hydrogens is 140 g/mol. The Balaban J connectivity index is 2.39. The van der Waals surface area contributed by atoms with Crippen LogP contribution in [0.2, 0.25) is 0 Å². The minimum Gasteiger partial charge on any atom is -0.303 e. The van der Waals surface area contributed by atoms with E-state index < -0.39 is 6.26 Å². The van der Waals surface area contributed by atoms with Crippen molar-refractivity contribution in [3.05, 3.63) is 0 Å². The quantitative estimate of drug-likeness (QED) is 0.567. The Hall–Kier alpha value is -0.660. The van der Waals surface area contributed by atoms with Crippen molar-refractivity contribution < 1.29 is 11.0 Å². The molecule has 0 amide bonds. The first-order chi connectivity index (χ1) is 5.61. The van der Waals surface area contributed by atoms with Crippen LogP contribution >= 0.6 is 0 Å². The summed E-state index contributed by atoms with van der Waals surface area (Å²) in [6.45, 7) is 1.60. The molecule has 1 aliphatic carbocycles. The van der Waals surface area contributed by atoms with Gasteiger partial charge in [-0.05, 0) is 32.6 Å².